The second-order valence-corrected chi connectivity index (χ2v) is 5.45. The molecular formula is C16H13F4NO4. The number of alkyl halides is 3. The van der Waals surface area contributed by atoms with E-state index in [2.05, 4.69) is 5.32 Å². The number of allylic oxidation sites excluding steroid dienone is 2. The SMILES string of the molecule is CC1=C(C(=O)O)C(c2cccc(C(F)(F)F)c2F)C(C(=O)O)=C(C)N1. The number of nitrogens with one attached hydrogen (secondary N) is 1. The highest BCUT2D eigenvalue weighted by Crippen LogP contribution is 2.42. The van der Waals surface area contributed by atoms with Crippen molar-refractivity contribution in [2.24, 2.45) is 0 Å². The third-order valence-corrected chi connectivity index (χ3v) is 3.87. The van der Waals surface area contributed by atoms with E-state index in [1.165, 1.54) is 13.8 Å². The van der Waals surface area contributed by atoms with Gasteiger partial charge in [0, 0.05) is 17.0 Å². The highest BCUT2D eigenvalue weighted by atomic mass is 19.4. The average Bonchev–Trinajstić information content (AvgIpc) is 2.44. The number of benzene rings is 1. The van der Waals surface area contributed by atoms with Crippen LogP contribution in [0.4, 0.5) is 17.6 Å². The molecule has 0 spiro atoms. The summed E-state index contributed by atoms with van der Waals surface area (Å²) >= 11 is 0. The van der Waals surface area contributed by atoms with E-state index in [9.17, 15) is 37.4 Å². The molecule has 0 aromatic heterocycles. The quantitative estimate of drug-likeness (QED) is 0.722. The maximum absolute atomic E-state index is 14.5. The first-order valence-electron chi connectivity index (χ1n) is 6.97. The summed E-state index contributed by atoms with van der Waals surface area (Å²) in [6.45, 7) is 2.65. The van der Waals surface area contributed by atoms with E-state index < -0.39 is 52.1 Å². The third kappa shape index (κ3) is 3.21. The molecule has 25 heavy (non-hydrogen) atoms. The summed E-state index contributed by atoms with van der Waals surface area (Å²) < 4.78 is 53.4. The summed E-state index contributed by atoms with van der Waals surface area (Å²) in [6, 6.07) is 2.37. The Balaban J connectivity index is 2.82. The number of rotatable bonds is 3. The first-order chi connectivity index (χ1) is 11.5. The molecule has 0 aliphatic carbocycles. The number of carbonyl (C=O) groups is 2. The van der Waals surface area contributed by atoms with Gasteiger partial charge >= 0.3 is 18.1 Å². The standard InChI is InChI=1S/C16H13F4NO4/c1-6-10(14(22)23)12(11(15(24)25)7(2)21-6)8-4-3-5-9(13(8)17)16(18,19)20/h3-5,12,21H,1-2H3,(H,22,23)(H,24,25). The zero-order valence-electron chi connectivity index (χ0n) is 13.0. The number of aliphatic carboxylic acids is 2. The molecule has 1 heterocycles. The van der Waals surface area contributed by atoms with Crippen LogP contribution >= 0.6 is 0 Å². The van der Waals surface area contributed by atoms with Crippen molar-refractivity contribution in [2.75, 3.05) is 0 Å². The van der Waals surface area contributed by atoms with Gasteiger partial charge in [-0.15, -0.1) is 0 Å². The molecule has 5 nitrogen and oxygen atoms in total. The fourth-order valence-corrected chi connectivity index (χ4v) is 2.86. The minimum Gasteiger partial charge on any atom is -0.478 e. The predicted octanol–water partition coefficient (Wildman–Crippen LogP) is 3.25. The van der Waals surface area contributed by atoms with Crippen molar-refractivity contribution in [2.45, 2.75) is 25.9 Å². The van der Waals surface area contributed by atoms with E-state index in [-0.39, 0.29) is 11.4 Å². The summed E-state index contributed by atoms with van der Waals surface area (Å²) in [7, 11) is 0. The molecule has 0 unspecified atom stereocenters. The first kappa shape index (κ1) is 18.5. The molecule has 1 aliphatic rings. The van der Waals surface area contributed by atoms with Crippen LogP contribution in [-0.2, 0) is 15.8 Å². The van der Waals surface area contributed by atoms with Gasteiger partial charge in [-0.05, 0) is 19.9 Å². The van der Waals surface area contributed by atoms with Crippen LogP contribution in [0.1, 0.15) is 30.9 Å². The van der Waals surface area contributed by atoms with Crippen LogP contribution in [-0.4, -0.2) is 22.2 Å². The molecule has 1 aromatic carbocycles. The fourth-order valence-electron chi connectivity index (χ4n) is 2.86. The van der Waals surface area contributed by atoms with Gasteiger partial charge in [-0.25, -0.2) is 14.0 Å². The second-order valence-electron chi connectivity index (χ2n) is 5.45. The smallest absolute Gasteiger partial charge is 0.419 e. The molecule has 0 saturated carbocycles. The van der Waals surface area contributed by atoms with Gasteiger partial charge in [-0.1, -0.05) is 12.1 Å². The van der Waals surface area contributed by atoms with Gasteiger partial charge in [0.15, 0.2) is 0 Å². The Morgan fingerprint density at radius 3 is 1.92 bits per heavy atom. The van der Waals surface area contributed by atoms with Gasteiger partial charge in [0.25, 0.3) is 0 Å². The van der Waals surface area contributed by atoms with E-state index in [4.69, 9.17) is 0 Å². The van der Waals surface area contributed by atoms with E-state index in [1.54, 1.807) is 0 Å². The molecular weight excluding hydrogens is 346 g/mol. The molecule has 0 fully saturated rings. The summed E-state index contributed by atoms with van der Waals surface area (Å²) in [5.74, 6) is -6.49. The minimum atomic E-state index is -5.00. The van der Waals surface area contributed by atoms with Crippen molar-refractivity contribution in [1.82, 2.24) is 5.32 Å². The van der Waals surface area contributed by atoms with Crippen molar-refractivity contribution in [3.63, 3.8) is 0 Å². The summed E-state index contributed by atoms with van der Waals surface area (Å²) in [6.07, 6.45) is -5.00. The van der Waals surface area contributed by atoms with Crippen LogP contribution in [0.3, 0.4) is 0 Å². The number of dihydropyridines is 1. The summed E-state index contributed by atoms with van der Waals surface area (Å²) in [5, 5.41) is 21.3. The van der Waals surface area contributed by atoms with Gasteiger partial charge in [0.1, 0.15) is 5.82 Å². The molecule has 0 saturated heterocycles. The minimum absolute atomic E-state index is 0.0248. The van der Waals surface area contributed by atoms with Crippen LogP contribution in [0.2, 0.25) is 0 Å². The highest BCUT2D eigenvalue weighted by molar-refractivity contribution is 5.98. The van der Waals surface area contributed by atoms with Crippen molar-refractivity contribution < 1.29 is 37.4 Å². The third-order valence-electron chi connectivity index (χ3n) is 3.87. The van der Waals surface area contributed by atoms with E-state index in [1.807, 2.05) is 0 Å². The highest BCUT2D eigenvalue weighted by Gasteiger charge is 2.41. The molecule has 9 heteroatoms. The van der Waals surface area contributed by atoms with Gasteiger partial charge in [-0.3, -0.25) is 0 Å². The number of hydrogen-bond donors (Lipinski definition) is 3. The molecule has 0 amide bonds. The molecule has 2 rings (SSSR count). The predicted molar refractivity (Wildman–Crippen MR) is 78.0 cm³/mol. The maximum Gasteiger partial charge on any atom is 0.419 e. The van der Waals surface area contributed by atoms with Crippen LogP contribution in [0, 0.1) is 5.82 Å². The Kier molecular flexibility index (Phi) is 4.61. The van der Waals surface area contributed by atoms with Crippen LogP contribution in [0.5, 0.6) is 0 Å². The first-order valence-corrected chi connectivity index (χ1v) is 6.97. The summed E-state index contributed by atoms with van der Waals surface area (Å²) in [4.78, 5) is 23.1. The Morgan fingerprint density at radius 2 is 1.52 bits per heavy atom. The van der Waals surface area contributed by atoms with Crippen LogP contribution < -0.4 is 5.32 Å². The Morgan fingerprint density at radius 1 is 1.04 bits per heavy atom. The van der Waals surface area contributed by atoms with E-state index >= 15 is 0 Å². The summed E-state index contributed by atoms with van der Waals surface area (Å²) in [5.41, 5.74) is -3.26. The molecule has 1 aliphatic heterocycles. The Hall–Kier alpha value is -2.84. The fraction of sp³-hybridized carbons (Fsp3) is 0.250. The van der Waals surface area contributed by atoms with Crippen LogP contribution in [0.25, 0.3) is 0 Å². The van der Waals surface area contributed by atoms with Crippen LogP contribution in [0.15, 0.2) is 40.7 Å². The van der Waals surface area contributed by atoms with Gasteiger partial charge in [-0.2, -0.15) is 13.2 Å². The van der Waals surface area contributed by atoms with Crippen molar-refractivity contribution >= 4 is 11.9 Å². The van der Waals surface area contributed by atoms with Gasteiger partial charge < -0.3 is 15.5 Å². The number of hydrogen-bond acceptors (Lipinski definition) is 3. The molecule has 0 atom stereocenters. The molecule has 0 radical (unpaired) electrons. The maximum atomic E-state index is 14.5. The van der Waals surface area contributed by atoms with Crippen molar-refractivity contribution in [3.8, 4) is 0 Å². The van der Waals surface area contributed by atoms with Crippen molar-refractivity contribution in [3.05, 3.63) is 57.7 Å². The molecule has 134 valence electrons. The average molecular weight is 359 g/mol. The monoisotopic (exact) mass is 359 g/mol. The van der Waals surface area contributed by atoms with Gasteiger partial charge in [0.05, 0.1) is 22.6 Å². The lowest BCUT2D eigenvalue weighted by Gasteiger charge is -2.29. The molecule has 3 N–H and O–H groups in total. The van der Waals surface area contributed by atoms with E-state index in [0.717, 1.165) is 12.1 Å². The van der Waals surface area contributed by atoms with E-state index in [0.29, 0.717) is 6.07 Å². The number of carboxylic acid groups (broad SMARTS) is 2. The topological polar surface area (TPSA) is 86.6 Å². The molecule has 0 bridgehead atoms. The normalized spacial score (nSPS) is 16.1. The zero-order chi connectivity index (χ0) is 19.1. The Labute approximate surface area is 139 Å². The second kappa shape index (κ2) is 6.23. The number of carboxylic acids is 2. The Bertz CT molecular complexity index is 788. The lowest BCUT2D eigenvalue weighted by molar-refractivity contribution is -0.140. The van der Waals surface area contributed by atoms with Gasteiger partial charge in [0.2, 0.25) is 0 Å². The number of halogens is 4. The lowest BCUT2D eigenvalue weighted by Crippen LogP contribution is -2.31. The zero-order valence-corrected chi connectivity index (χ0v) is 13.0. The largest absolute Gasteiger partial charge is 0.478 e. The molecule has 1 aromatic rings. The lowest BCUT2D eigenvalue weighted by atomic mass is 9.79. The van der Waals surface area contributed by atoms with Crippen molar-refractivity contribution in [1.29, 1.82) is 0 Å².